The minimum Gasteiger partial charge on any atom is -0.454 e. The second-order valence-corrected chi connectivity index (χ2v) is 5.41. The number of nitrogens with one attached hydrogen (secondary N) is 2. The summed E-state index contributed by atoms with van der Waals surface area (Å²) in [7, 11) is 0. The highest BCUT2D eigenvalue weighted by atomic mass is 35.5. The van der Waals surface area contributed by atoms with Crippen molar-refractivity contribution in [3.8, 4) is 0 Å². The zero-order valence-corrected chi connectivity index (χ0v) is 12.8. The van der Waals surface area contributed by atoms with Gasteiger partial charge < -0.3 is 15.4 Å². The summed E-state index contributed by atoms with van der Waals surface area (Å²) in [6, 6.07) is 1.64. The van der Waals surface area contributed by atoms with Crippen LogP contribution in [0.1, 0.15) is 18.4 Å². The van der Waals surface area contributed by atoms with Crippen LogP contribution in [0.2, 0.25) is 5.02 Å². The molecule has 0 aromatic heterocycles. The maximum atomic E-state index is 12.6. The molecule has 1 atom stereocenters. The summed E-state index contributed by atoms with van der Waals surface area (Å²) in [5, 5.41) is 4.42. The monoisotopic (exact) mass is 364 g/mol. The van der Waals surface area contributed by atoms with Crippen LogP contribution in [-0.2, 0) is 25.3 Å². The lowest BCUT2D eigenvalue weighted by Crippen LogP contribution is -2.36. The Kier molecular flexibility index (Phi) is 5.33. The largest absolute Gasteiger partial charge is 0.454 e. The predicted octanol–water partition coefficient (Wildman–Crippen LogP) is 2.12. The fourth-order valence-electron chi connectivity index (χ4n) is 2.01. The Bertz CT molecular complexity index is 678. The average Bonchev–Trinajstić information content (AvgIpc) is 2.92. The van der Waals surface area contributed by atoms with E-state index in [-0.39, 0.29) is 29.5 Å². The molecule has 0 radical (unpaired) electrons. The molecule has 1 aromatic carbocycles. The van der Waals surface area contributed by atoms with Crippen molar-refractivity contribution in [2.45, 2.75) is 25.1 Å². The molecule has 1 saturated heterocycles. The number of benzene rings is 1. The zero-order chi connectivity index (χ0) is 17.9. The van der Waals surface area contributed by atoms with Crippen LogP contribution in [0, 0.1) is 0 Å². The number of esters is 1. The second-order valence-electron chi connectivity index (χ2n) is 5.01. The van der Waals surface area contributed by atoms with E-state index in [1.807, 2.05) is 0 Å². The first-order valence-corrected chi connectivity index (χ1v) is 7.17. The summed E-state index contributed by atoms with van der Waals surface area (Å²) in [5.74, 6) is -1.93. The first-order valence-electron chi connectivity index (χ1n) is 6.79. The van der Waals surface area contributed by atoms with Crippen LogP contribution < -0.4 is 10.6 Å². The number of amides is 2. The van der Waals surface area contributed by atoms with E-state index in [1.165, 1.54) is 0 Å². The highest BCUT2D eigenvalue weighted by molar-refractivity contribution is 6.33. The van der Waals surface area contributed by atoms with E-state index in [4.69, 9.17) is 16.3 Å². The smallest absolute Gasteiger partial charge is 0.416 e. The molecule has 2 amide bonds. The molecule has 0 aliphatic carbocycles. The van der Waals surface area contributed by atoms with Gasteiger partial charge in [0.1, 0.15) is 6.04 Å². The van der Waals surface area contributed by atoms with Gasteiger partial charge in [-0.3, -0.25) is 9.59 Å². The van der Waals surface area contributed by atoms with Gasteiger partial charge in [0.2, 0.25) is 5.91 Å². The average molecular weight is 365 g/mol. The third kappa shape index (κ3) is 4.60. The minimum absolute atomic E-state index is 0.0919. The maximum absolute atomic E-state index is 12.6. The number of hydrogen-bond acceptors (Lipinski definition) is 4. The van der Waals surface area contributed by atoms with Crippen molar-refractivity contribution in [1.29, 1.82) is 0 Å². The van der Waals surface area contributed by atoms with Gasteiger partial charge in [0.05, 0.1) is 16.3 Å². The van der Waals surface area contributed by atoms with Crippen LogP contribution in [0.4, 0.5) is 18.9 Å². The number of halogens is 4. The van der Waals surface area contributed by atoms with Gasteiger partial charge in [0.25, 0.3) is 5.91 Å². The van der Waals surface area contributed by atoms with Gasteiger partial charge in [-0.15, -0.1) is 0 Å². The third-order valence-corrected chi connectivity index (χ3v) is 3.52. The Balaban J connectivity index is 1.92. The molecule has 0 saturated carbocycles. The molecule has 2 rings (SSSR count). The number of hydrogen-bond donors (Lipinski definition) is 2. The van der Waals surface area contributed by atoms with Gasteiger partial charge in [-0.05, 0) is 24.6 Å². The van der Waals surface area contributed by atoms with E-state index in [2.05, 4.69) is 10.6 Å². The molecule has 2 N–H and O–H groups in total. The van der Waals surface area contributed by atoms with Crippen molar-refractivity contribution in [2.75, 3.05) is 11.9 Å². The first kappa shape index (κ1) is 18.1. The lowest BCUT2D eigenvalue weighted by Gasteiger charge is -2.13. The van der Waals surface area contributed by atoms with Crippen molar-refractivity contribution in [3.63, 3.8) is 0 Å². The van der Waals surface area contributed by atoms with Crippen molar-refractivity contribution >= 4 is 35.1 Å². The third-order valence-electron chi connectivity index (χ3n) is 3.19. The van der Waals surface area contributed by atoms with Gasteiger partial charge >= 0.3 is 12.1 Å². The summed E-state index contributed by atoms with van der Waals surface area (Å²) in [6.45, 7) is -0.711. The SMILES string of the molecule is O=C(COC(=O)[C@H]1CCC(=O)N1)Nc1cc(C(F)(F)F)ccc1Cl. The molecule has 6 nitrogen and oxygen atoms in total. The molecule has 1 fully saturated rings. The summed E-state index contributed by atoms with van der Waals surface area (Å²) < 4.78 is 42.6. The van der Waals surface area contributed by atoms with Gasteiger partial charge in [0, 0.05) is 6.42 Å². The van der Waals surface area contributed by atoms with E-state index < -0.39 is 36.3 Å². The standard InChI is InChI=1S/C14H12ClF3N2O4/c15-8-2-1-7(14(16,17)18)5-10(8)20-12(22)6-24-13(23)9-3-4-11(21)19-9/h1-2,5,9H,3-4,6H2,(H,19,21)(H,20,22)/t9-/m1/s1. The molecule has 1 aliphatic heterocycles. The predicted molar refractivity (Wildman–Crippen MR) is 77.2 cm³/mol. The van der Waals surface area contributed by atoms with Crippen molar-refractivity contribution in [1.82, 2.24) is 5.32 Å². The Morgan fingerprint density at radius 1 is 1.38 bits per heavy atom. The van der Waals surface area contributed by atoms with Crippen LogP contribution >= 0.6 is 11.6 Å². The van der Waals surface area contributed by atoms with Gasteiger partial charge in [-0.25, -0.2) is 4.79 Å². The van der Waals surface area contributed by atoms with E-state index >= 15 is 0 Å². The number of carbonyl (C=O) groups excluding carboxylic acids is 3. The molecule has 130 valence electrons. The summed E-state index contributed by atoms with van der Waals surface area (Å²) in [4.78, 5) is 34.3. The Morgan fingerprint density at radius 3 is 2.67 bits per heavy atom. The summed E-state index contributed by atoms with van der Waals surface area (Å²) in [5.41, 5.74) is -1.23. The zero-order valence-electron chi connectivity index (χ0n) is 12.1. The topological polar surface area (TPSA) is 84.5 Å². The number of carbonyl (C=O) groups is 3. The quantitative estimate of drug-likeness (QED) is 0.801. The molecule has 0 bridgehead atoms. The number of ether oxygens (including phenoxy) is 1. The van der Waals surface area contributed by atoms with Gasteiger partial charge in [-0.1, -0.05) is 11.6 Å². The van der Waals surface area contributed by atoms with Gasteiger partial charge in [0.15, 0.2) is 6.61 Å². The molecule has 1 aromatic rings. The van der Waals surface area contributed by atoms with E-state index in [9.17, 15) is 27.6 Å². The van der Waals surface area contributed by atoms with E-state index in [1.54, 1.807) is 0 Å². The number of alkyl halides is 3. The normalized spacial score (nSPS) is 17.3. The summed E-state index contributed by atoms with van der Waals surface area (Å²) >= 11 is 5.74. The molecule has 0 spiro atoms. The lowest BCUT2D eigenvalue weighted by molar-refractivity contribution is -0.149. The van der Waals surface area contributed by atoms with Crippen LogP contribution in [0.15, 0.2) is 18.2 Å². The van der Waals surface area contributed by atoms with E-state index in [0.717, 1.165) is 12.1 Å². The van der Waals surface area contributed by atoms with Crippen LogP contribution in [0.3, 0.4) is 0 Å². The van der Waals surface area contributed by atoms with Crippen molar-refractivity contribution in [2.24, 2.45) is 0 Å². The van der Waals surface area contributed by atoms with Crippen LogP contribution in [-0.4, -0.2) is 30.4 Å². The fraction of sp³-hybridized carbons (Fsp3) is 0.357. The molecule has 24 heavy (non-hydrogen) atoms. The van der Waals surface area contributed by atoms with Crippen LogP contribution in [0.5, 0.6) is 0 Å². The minimum atomic E-state index is -4.59. The van der Waals surface area contributed by atoms with Gasteiger partial charge in [-0.2, -0.15) is 13.2 Å². The molecule has 10 heteroatoms. The van der Waals surface area contributed by atoms with Crippen molar-refractivity contribution < 1.29 is 32.3 Å². The molecular weight excluding hydrogens is 353 g/mol. The number of anilines is 1. The lowest BCUT2D eigenvalue weighted by atomic mass is 10.2. The van der Waals surface area contributed by atoms with Crippen LogP contribution in [0.25, 0.3) is 0 Å². The molecule has 1 aliphatic rings. The first-order chi connectivity index (χ1) is 11.2. The molecule has 0 unspecified atom stereocenters. The second kappa shape index (κ2) is 7.08. The highest BCUT2D eigenvalue weighted by Crippen LogP contribution is 2.33. The molecule has 1 heterocycles. The maximum Gasteiger partial charge on any atom is 0.416 e. The highest BCUT2D eigenvalue weighted by Gasteiger charge is 2.31. The summed E-state index contributed by atoms with van der Waals surface area (Å²) in [6.07, 6.45) is -4.14. The molecular formula is C14H12ClF3N2O4. The Labute approximate surface area is 139 Å². The fourth-order valence-corrected chi connectivity index (χ4v) is 2.18. The number of rotatable bonds is 4. The Hall–Kier alpha value is -2.29. The van der Waals surface area contributed by atoms with Crippen molar-refractivity contribution in [3.05, 3.63) is 28.8 Å². The van der Waals surface area contributed by atoms with E-state index in [0.29, 0.717) is 6.07 Å². The Morgan fingerprint density at radius 2 is 2.08 bits per heavy atom.